The minimum absolute atomic E-state index is 0.357. The number of carbonyl (C=O) groups excluding carboxylic acids is 1. The summed E-state index contributed by atoms with van der Waals surface area (Å²) in [6.07, 6.45) is 4.46. The van der Waals surface area contributed by atoms with E-state index in [0.29, 0.717) is 5.69 Å². The van der Waals surface area contributed by atoms with Gasteiger partial charge in [0, 0.05) is 7.05 Å². The first-order valence-electron chi connectivity index (χ1n) is 5.44. The van der Waals surface area contributed by atoms with Crippen LogP contribution < -0.4 is 0 Å². The lowest BCUT2D eigenvalue weighted by Crippen LogP contribution is -2.06. The average Bonchev–Trinajstić information content (AvgIpc) is 2.78. The van der Waals surface area contributed by atoms with Crippen molar-refractivity contribution in [2.24, 2.45) is 12.2 Å². The Bertz CT molecular complexity index is 570. The molecule has 0 radical (unpaired) electrons. The van der Waals surface area contributed by atoms with E-state index in [1.165, 1.54) is 24.3 Å². The van der Waals surface area contributed by atoms with Gasteiger partial charge in [0.1, 0.15) is 5.69 Å². The summed E-state index contributed by atoms with van der Waals surface area (Å²) >= 11 is 0. The van der Waals surface area contributed by atoms with E-state index in [-0.39, 0.29) is 0 Å². The number of hydrogen-bond donors (Lipinski definition) is 0. The van der Waals surface area contributed by atoms with Gasteiger partial charge in [-0.1, -0.05) is 35.0 Å². The van der Waals surface area contributed by atoms with Crippen molar-refractivity contribution in [1.29, 1.82) is 0 Å². The molecule has 92 valence electrons. The summed E-state index contributed by atoms with van der Waals surface area (Å²) < 4.78 is 1.57. The van der Waals surface area contributed by atoms with Gasteiger partial charge in [0.05, 0.1) is 18.7 Å². The van der Waals surface area contributed by atoms with E-state index in [2.05, 4.69) is 10.1 Å². The van der Waals surface area contributed by atoms with E-state index in [1.54, 1.807) is 11.6 Å². The maximum absolute atomic E-state index is 11.6. The van der Waals surface area contributed by atoms with Crippen LogP contribution in [-0.4, -0.2) is 21.7 Å². The minimum atomic E-state index is -0.529. The van der Waals surface area contributed by atoms with Crippen molar-refractivity contribution < 1.29 is 9.63 Å². The normalized spacial score (nSPS) is 10.8. The molecular weight excluding hydrogens is 230 g/mol. The molecule has 0 unspecified atom stereocenters. The van der Waals surface area contributed by atoms with Crippen molar-refractivity contribution in [2.75, 3.05) is 0 Å². The number of carbonyl (C=O) groups is 1. The van der Waals surface area contributed by atoms with Crippen molar-refractivity contribution in [1.82, 2.24) is 9.55 Å². The molecule has 0 bridgehead atoms. The largest absolute Gasteiger partial charge is 0.383 e. The lowest BCUT2D eigenvalue weighted by molar-refractivity contribution is 0.0508. The lowest BCUT2D eigenvalue weighted by Gasteiger charge is -1.98. The molecule has 5 heteroatoms. The van der Waals surface area contributed by atoms with Gasteiger partial charge in [-0.15, -0.1) is 0 Å². The first-order valence-corrected chi connectivity index (χ1v) is 5.44. The van der Waals surface area contributed by atoms with Crippen molar-refractivity contribution in [3.8, 4) is 0 Å². The molecule has 0 fully saturated rings. The van der Waals surface area contributed by atoms with E-state index in [0.717, 1.165) is 5.56 Å². The third-order valence-electron chi connectivity index (χ3n) is 2.44. The quantitative estimate of drug-likeness (QED) is 0.470. The van der Waals surface area contributed by atoms with Crippen LogP contribution in [0.3, 0.4) is 0 Å². The molecule has 0 spiro atoms. The zero-order valence-corrected chi connectivity index (χ0v) is 10.2. The summed E-state index contributed by atoms with van der Waals surface area (Å²) in [7, 11) is 1.72. The Morgan fingerprint density at radius 1 is 1.39 bits per heavy atom. The molecule has 1 aromatic heterocycles. The third kappa shape index (κ3) is 2.82. The van der Waals surface area contributed by atoms with Crippen LogP contribution >= 0.6 is 0 Å². The smallest absolute Gasteiger partial charge is 0.328 e. The monoisotopic (exact) mass is 243 g/mol. The molecule has 0 aliphatic heterocycles. The topological polar surface area (TPSA) is 56.5 Å². The molecular formula is C13H13N3O2. The highest BCUT2D eigenvalue weighted by atomic mass is 16.7. The van der Waals surface area contributed by atoms with Crippen LogP contribution in [0.15, 0.2) is 41.9 Å². The number of hydrogen-bond acceptors (Lipinski definition) is 4. The molecule has 5 nitrogen and oxygen atoms in total. The minimum Gasteiger partial charge on any atom is -0.328 e. The van der Waals surface area contributed by atoms with Gasteiger partial charge in [0.25, 0.3) is 0 Å². The molecule has 0 saturated carbocycles. The van der Waals surface area contributed by atoms with Gasteiger partial charge in [0.15, 0.2) is 0 Å². The Morgan fingerprint density at radius 3 is 2.72 bits per heavy atom. The number of oxime groups is 1. The molecule has 0 atom stereocenters. The van der Waals surface area contributed by atoms with Crippen LogP contribution in [-0.2, 0) is 11.9 Å². The predicted molar refractivity (Wildman–Crippen MR) is 67.4 cm³/mol. The fourth-order valence-electron chi connectivity index (χ4n) is 1.39. The number of aryl methyl sites for hydroxylation is 2. The Morgan fingerprint density at radius 2 is 2.11 bits per heavy atom. The molecule has 0 amide bonds. The van der Waals surface area contributed by atoms with E-state index in [1.807, 2.05) is 31.2 Å². The highest BCUT2D eigenvalue weighted by molar-refractivity contribution is 5.88. The second-order valence-electron chi connectivity index (χ2n) is 3.91. The van der Waals surface area contributed by atoms with Gasteiger partial charge in [-0.2, -0.15) is 0 Å². The molecule has 18 heavy (non-hydrogen) atoms. The van der Waals surface area contributed by atoms with Crippen LogP contribution in [0, 0.1) is 6.92 Å². The summed E-state index contributed by atoms with van der Waals surface area (Å²) in [5.74, 6) is -0.529. The first kappa shape index (κ1) is 12.0. The number of aromatic nitrogens is 2. The second-order valence-corrected chi connectivity index (χ2v) is 3.91. The molecule has 2 rings (SSSR count). The predicted octanol–water partition coefficient (Wildman–Crippen LogP) is 1.92. The summed E-state index contributed by atoms with van der Waals surface area (Å²) in [6.45, 7) is 2.00. The summed E-state index contributed by atoms with van der Waals surface area (Å²) in [4.78, 5) is 20.2. The second kappa shape index (κ2) is 5.27. The Balaban J connectivity index is 1.98. The molecule has 1 aromatic carbocycles. The fraction of sp³-hybridized carbons (Fsp3) is 0.154. The SMILES string of the molecule is Cc1ccc(C=NOC(=O)c2cncn2C)cc1. The van der Waals surface area contributed by atoms with Crippen molar-refractivity contribution in [3.05, 3.63) is 53.6 Å². The summed E-state index contributed by atoms with van der Waals surface area (Å²) in [5.41, 5.74) is 2.40. The van der Waals surface area contributed by atoms with Crippen molar-refractivity contribution >= 4 is 12.2 Å². The maximum atomic E-state index is 11.6. The van der Waals surface area contributed by atoms with Crippen LogP contribution in [0.25, 0.3) is 0 Å². The molecule has 0 N–H and O–H groups in total. The van der Waals surface area contributed by atoms with Gasteiger partial charge in [-0.3, -0.25) is 0 Å². The van der Waals surface area contributed by atoms with Crippen LogP contribution in [0.5, 0.6) is 0 Å². The van der Waals surface area contributed by atoms with E-state index < -0.39 is 5.97 Å². The molecule has 1 heterocycles. The zero-order chi connectivity index (χ0) is 13.0. The number of rotatable bonds is 3. The standard InChI is InChI=1S/C13H13N3O2/c1-10-3-5-11(6-4-10)7-15-18-13(17)12-8-14-9-16(12)2/h3-9H,1-2H3. The van der Waals surface area contributed by atoms with Crippen LogP contribution in [0.1, 0.15) is 21.6 Å². The van der Waals surface area contributed by atoms with E-state index in [9.17, 15) is 4.79 Å². The molecule has 2 aromatic rings. The Hall–Kier alpha value is -2.43. The van der Waals surface area contributed by atoms with E-state index in [4.69, 9.17) is 4.84 Å². The highest BCUT2D eigenvalue weighted by Crippen LogP contribution is 2.02. The number of imidazole rings is 1. The molecule has 0 aliphatic carbocycles. The lowest BCUT2D eigenvalue weighted by atomic mass is 10.2. The van der Waals surface area contributed by atoms with Gasteiger partial charge >= 0.3 is 5.97 Å². The summed E-state index contributed by atoms with van der Waals surface area (Å²) in [6, 6.07) is 7.72. The summed E-state index contributed by atoms with van der Waals surface area (Å²) in [5, 5.41) is 3.65. The Kier molecular flexibility index (Phi) is 3.52. The van der Waals surface area contributed by atoms with Gasteiger partial charge in [-0.25, -0.2) is 9.78 Å². The number of benzene rings is 1. The molecule has 0 aliphatic rings. The average molecular weight is 243 g/mol. The van der Waals surface area contributed by atoms with Gasteiger partial charge < -0.3 is 9.40 Å². The van der Waals surface area contributed by atoms with Gasteiger partial charge in [-0.05, 0) is 12.5 Å². The van der Waals surface area contributed by atoms with Crippen molar-refractivity contribution in [2.45, 2.75) is 6.92 Å². The van der Waals surface area contributed by atoms with Gasteiger partial charge in [0.2, 0.25) is 0 Å². The van der Waals surface area contributed by atoms with Crippen molar-refractivity contribution in [3.63, 3.8) is 0 Å². The van der Waals surface area contributed by atoms with Crippen LogP contribution in [0.4, 0.5) is 0 Å². The number of nitrogens with zero attached hydrogens (tertiary/aromatic N) is 3. The Labute approximate surface area is 105 Å². The molecule has 0 saturated heterocycles. The maximum Gasteiger partial charge on any atom is 0.383 e. The first-order chi connectivity index (χ1) is 8.66. The zero-order valence-electron chi connectivity index (χ0n) is 10.2. The highest BCUT2D eigenvalue weighted by Gasteiger charge is 2.10. The third-order valence-corrected chi connectivity index (χ3v) is 2.44. The fourth-order valence-corrected chi connectivity index (χ4v) is 1.39. The van der Waals surface area contributed by atoms with E-state index >= 15 is 0 Å². The van der Waals surface area contributed by atoms with Crippen LogP contribution in [0.2, 0.25) is 0 Å².